The zero-order valence-corrected chi connectivity index (χ0v) is 38.4. The van der Waals surface area contributed by atoms with Crippen LogP contribution in [-0.2, 0) is 19.1 Å². The molecular weight excluding hydrogens is 695 g/mol. The monoisotopic (exact) mass is 792 g/mol. The van der Waals surface area contributed by atoms with Crippen molar-refractivity contribution in [3.8, 4) is 0 Å². The van der Waals surface area contributed by atoms with Gasteiger partial charge in [0.15, 0.2) is 0 Å². The van der Waals surface area contributed by atoms with Gasteiger partial charge in [0, 0.05) is 19.4 Å². The first-order valence-corrected chi connectivity index (χ1v) is 24.9. The van der Waals surface area contributed by atoms with Crippen molar-refractivity contribution >= 4 is 11.9 Å². The first-order valence-electron chi connectivity index (χ1n) is 24.9. The van der Waals surface area contributed by atoms with Crippen LogP contribution in [0.25, 0.3) is 0 Å². The van der Waals surface area contributed by atoms with Crippen LogP contribution in [0.5, 0.6) is 0 Å². The molecule has 6 heteroatoms. The summed E-state index contributed by atoms with van der Waals surface area (Å²) in [6, 6.07) is 0. The van der Waals surface area contributed by atoms with Crippen LogP contribution < -0.4 is 0 Å². The fourth-order valence-electron chi connectivity index (χ4n) is 8.32. The van der Waals surface area contributed by atoms with Crippen LogP contribution in [0.15, 0.2) is 0 Å². The molecule has 1 aliphatic carbocycles. The molecule has 0 aromatic heterocycles. The van der Waals surface area contributed by atoms with Gasteiger partial charge < -0.3 is 19.5 Å². The highest BCUT2D eigenvalue weighted by Gasteiger charge is 2.41. The predicted molar refractivity (Wildman–Crippen MR) is 239 cm³/mol. The number of ether oxygens (including phenoxy) is 2. The highest BCUT2D eigenvalue weighted by atomic mass is 16.5. The minimum absolute atomic E-state index is 0.0224. The molecular formula is C50H97NO5. The molecule has 1 aliphatic rings. The molecule has 0 bridgehead atoms. The third-order valence-electron chi connectivity index (χ3n) is 12.6. The molecule has 6 nitrogen and oxygen atoms in total. The average molecular weight is 792 g/mol. The summed E-state index contributed by atoms with van der Waals surface area (Å²) in [4.78, 5) is 27.9. The Morgan fingerprint density at radius 1 is 0.571 bits per heavy atom. The Labute approximate surface area is 349 Å². The molecule has 1 rings (SSSR count). The molecule has 0 unspecified atom stereocenters. The van der Waals surface area contributed by atoms with Crippen molar-refractivity contribution in [1.29, 1.82) is 0 Å². The minimum atomic E-state index is -0.0256. The maximum Gasteiger partial charge on any atom is 0.306 e. The third kappa shape index (κ3) is 31.8. The van der Waals surface area contributed by atoms with Crippen LogP contribution >= 0.6 is 0 Å². The summed E-state index contributed by atoms with van der Waals surface area (Å²) in [6.45, 7) is 15.4. The van der Waals surface area contributed by atoms with Gasteiger partial charge in [-0.15, -0.1) is 0 Å². The largest absolute Gasteiger partial charge is 0.465 e. The van der Waals surface area contributed by atoms with E-state index in [4.69, 9.17) is 9.47 Å². The summed E-state index contributed by atoms with van der Waals surface area (Å²) in [5, 5.41) is 9.41. The zero-order chi connectivity index (χ0) is 41.0. The van der Waals surface area contributed by atoms with Gasteiger partial charge in [-0.25, -0.2) is 0 Å². The quantitative estimate of drug-likeness (QED) is 0.0490. The van der Waals surface area contributed by atoms with Gasteiger partial charge in [0.05, 0.1) is 6.61 Å². The van der Waals surface area contributed by atoms with E-state index in [1.54, 1.807) is 0 Å². The van der Waals surface area contributed by atoms with Crippen LogP contribution in [0.3, 0.4) is 0 Å². The van der Waals surface area contributed by atoms with Gasteiger partial charge in [-0.2, -0.15) is 0 Å². The second-order valence-corrected chi connectivity index (χ2v) is 19.0. The summed E-state index contributed by atoms with van der Waals surface area (Å²) in [6.07, 6.45) is 41.1. The van der Waals surface area contributed by atoms with Gasteiger partial charge in [-0.1, -0.05) is 157 Å². The van der Waals surface area contributed by atoms with E-state index in [1.165, 1.54) is 148 Å². The van der Waals surface area contributed by atoms with Gasteiger partial charge >= 0.3 is 11.9 Å². The highest BCUT2D eigenvalue weighted by molar-refractivity contribution is 5.69. The summed E-state index contributed by atoms with van der Waals surface area (Å²) >= 11 is 0. The number of hydrogen-bond donors (Lipinski definition) is 1. The molecule has 0 aliphatic heterocycles. The lowest BCUT2D eigenvalue weighted by Crippen LogP contribution is -2.29. The van der Waals surface area contributed by atoms with Crippen molar-refractivity contribution in [2.75, 3.05) is 32.8 Å². The number of carbonyl (C=O) groups excluding carboxylic acids is 2. The first-order chi connectivity index (χ1) is 27.2. The molecule has 0 spiro atoms. The van der Waals surface area contributed by atoms with Gasteiger partial charge in [0.25, 0.3) is 0 Å². The number of unbranched alkanes of at least 4 members (excludes halogenated alkanes) is 20. The van der Waals surface area contributed by atoms with E-state index in [0.29, 0.717) is 24.9 Å². The van der Waals surface area contributed by atoms with E-state index < -0.39 is 0 Å². The van der Waals surface area contributed by atoms with Crippen molar-refractivity contribution in [2.24, 2.45) is 10.8 Å². The molecule has 1 N–H and O–H groups in total. The number of aliphatic hydroxyl groups excluding tert-OH is 1. The lowest BCUT2D eigenvalue weighted by Gasteiger charge is -2.26. The number of aliphatic hydroxyl groups is 1. The molecule has 332 valence electrons. The Kier molecular flexibility index (Phi) is 33.8. The molecule has 0 heterocycles. The standard InChI is InChI=1S/C50H97NO5/c1-6-9-12-15-18-21-25-34-47(53)55-45-49(4,5)36-27-22-29-41-51(42-30-31-44-52)43-40-50(38-39-50)37-28-26-35-48(54)56-46(32-23-19-16-13-10-7-2)33-24-20-17-14-11-8-3/h46,52H,6-45H2,1-5H3. The number of nitrogens with zero attached hydrogens (tertiary/aromatic N) is 1. The van der Waals surface area contributed by atoms with E-state index in [-0.39, 0.29) is 30.1 Å². The van der Waals surface area contributed by atoms with E-state index in [0.717, 1.165) is 83.8 Å². The van der Waals surface area contributed by atoms with E-state index in [1.807, 2.05) is 0 Å². The third-order valence-corrected chi connectivity index (χ3v) is 12.6. The Hall–Kier alpha value is -1.14. The second-order valence-electron chi connectivity index (χ2n) is 19.0. The Morgan fingerprint density at radius 3 is 1.61 bits per heavy atom. The SMILES string of the molecule is CCCCCCCCCC(=O)OCC(C)(C)CCCCCN(CCCCO)CCC1(CCCCC(=O)OC(CCCCCCCC)CCCCCCCC)CC1. The molecule has 0 radical (unpaired) electrons. The van der Waals surface area contributed by atoms with Gasteiger partial charge in [-0.05, 0) is 120 Å². The van der Waals surface area contributed by atoms with Crippen molar-refractivity contribution in [2.45, 2.75) is 265 Å². The molecule has 0 amide bonds. The van der Waals surface area contributed by atoms with Crippen molar-refractivity contribution in [3.05, 3.63) is 0 Å². The van der Waals surface area contributed by atoms with Crippen molar-refractivity contribution in [1.82, 2.24) is 4.90 Å². The topological polar surface area (TPSA) is 76.1 Å². The lowest BCUT2D eigenvalue weighted by molar-refractivity contribution is -0.150. The summed E-state index contributed by atoms with van der Waals surface area (Å²) < 4.78 is 11.8. The first kappa shape index (κ1) is 52.9. The van der Waals surface area contributed by atoms with Crippen LogP contribution in [0.4, 0.5) is 0 Å². The smallest absolute Gasteiger partial charge is 0.306 e. The maximum atomic E-state index is 13.0. The second kappa shape index (κ2) is 35.8. The number of carbonyl (C=O) groups is 2. The Bertz CT molecular complexity index is 886. The van der Waals surface area contributed by atoms with E-state index in [9.17, 15) is 14.7 Å². The maximum absolute atomic E-state index is 13.0. The molecule has 56 heavy (non-hydrogen) atoms. The van der Waals surface area contributed by atoms with Crippen LogP contribution in [0, 0.1) is 10.8 Å². The zero-order valence-electron chi connectivity index (χ0n) is 38.4. The fraction of sp³-hybridized carbons (Fsp3) is 0.960. The number of rotatable bonds is 43. The van der Waals surface area contributed by atoms with Crippen molar-refractivity contribution in [3.63, 3.8) is 0 Å². The predicted octanol–water partition coefficient (Wildman–Crippen LogP) is 14.5. The molecule has 0 saturated heterocycles. The Balaban J connectivity index is 2.35. The minimum Gasteiger partial charge on any atom is -0.465 e. The van der Waals surface area contributed by atoms with Gasteiger partial charge in [0.1, 0.15) is 6.10 Å². The lowest BCUT2D eigenvalue weighted by atomic mass is 9.88. The van der Waals surface area contributed by atoms with E-state index in [2.05, 4.69) is 39.5 Å². The van der Waals surface area contributed by atoms with Crippen LogP contribution in [0.1, 0.15) is 259 Å². The fourth-order valence-corrected chi connectivity index (χ4v) is 8.32. The van der Waals surface area contributed by atoms with Crippen molar-refractivity contribution < 1.29 is 24.2 Å². The van der Waals surface area contributed by atoms with Gasteiger partial charge in [-0.3, -0.25) is 9.59 Å². The summed E-state index contributed by atoms with van der Waals surface area (Å²) in [5.74, 6) is 0.0116. The number of hydrogen-bond acceptors (Lipinski definition) is 6. The van der Waals surface area contributed by atoms with E-state index >= 15 is 0 Å². The highest BCUT2D eigenvalue weighted by Crippen LogP contribution is 2.53. The molecule has 0 atom stereocenters. The van der Waals surface area contributed by atoms with Crippen LogP contribution in [0.2, 0.25) is 0 Å². The molecule has 0 aromatic rings. The van der Waals surface area contributed by atoms with Gasteiger partial charge in [0.2, 0.25) is 0 Å². The molecule has 1 saturated carbocycles. The number of esters is 2. The summed E-state index contributed by atoms with van der Waals surface area (Å²) in [5.41, 5.74) is 0.502. The van der Waals surface area contributed by atoms with Crippen LogP contribution in [-0.4, -0.2) is 60.9 Å². The average Bonchev–Trinajstić information content (AvgIpc) is 3.96. The Morgan fingerprint density at radius 2 is 1.05 bits per heavy atom. The summed E-state index contributed by atoms with van der Waals surface area (Å²) in [7, 11) is 0. The molecule has 0 aromatic carbocycles. The normalized spacial score (nSPS) is 13.9. The molecule has 1 fully saturated rings.